The van der Waals surface area contributed by atoms with Gasteiger partial charge < -0.3 is 15.0 Å². The smallest absolute Gasteiger partial charge is 0.149 e. The molecule has 1 aliphatic rings. The summed E-state index contributed by atoms with van der Waals surface area (Å²) < 4.78 is 33.8. The zero-order valence-corrected chi connectivity index (χ0v) is 13.0. The number of nitrogens with zero attached hydrogens (tertiary/aromatic N) is 1. The molecule has 1 saturated heterocycles. The van der Waals surface area contributed by atoms with Crippen LogP contribution in [-0.2, 0) is 11.3 Å². The van der Waals surface area contributed by atoms with E-state index in [0.29, 0.717) is 31.2 Å². The summed E-state index contributed by atoms with van der Waals surface area (Å²) in [6, 6.07) is 2.87. The van der Waals surface area contributed by atoms with Crippen LogP contribution in [-0.4, -0.2) is 32.8 Å². The molecule has 1 heterocycles. The van der Waals surface area contributed by atoms with E-state index in [1.54, 1.807) is 11.9 Å². The van der Waals surface area contributed by atoms with Gasteiger partial charge in [-0.2, -0.15) is 0 Å². The van der Waals surface area contributed by atoms with Gasteiger partial charge in [0.05, 0.1) is 12.6 Å². The van der Waals surface area contributed by atoms with Gasteiger partial charge in [-0.3, -0.25) is 0 Å². The summed E-state index contributed by atoms with van der Waals surface area (Å²) in [4.78, 5) is 1.66. The summed E-state index contributed by atoms with van der Waals surface area (Å²) in [6.07, 6.45) is 0.799. The molecule has 3 nitrogen and oxygen atoms in total. The second kappa shape index (κ2) is 7.18. The Labute approximate surface area is 125 Å². The normalized spacial score (nSPS) is 18.5. The van der Waals surface area contributed by atoms with E-state index in [1.807, 2.05) is 0 Å². The van der Waals surface area contributed by atoms with Gasteiger partial charge in [-0.1, -0.05) is 13.8 Å². The molecule has 2 rings (SSSR count). The van der Waals surface area contributed by atoms with Crippen LogP contribution < -0.4 is 10.2 Å². The molecule has 1 aromatic rings. The highest BCUT2D eigenvalue weighted by Gasteiger charge is 2.25. The third kappa shape index (κ3) is 4.14. The molecule has 1 aliphatic heterocycles. The molecular weight excluding hydrogens is 274 g/mol. The first kappa shape index (κ1) is 16.2. The molecule has 0 aromatic heterocycles. The molecule has 0 amide bonds. The maximum Gasteiger partial charge on any atom is 0.149 e. The third-order valence-electron chi connectivity index (χ3n) is 3.76. The molecular formula is C16H24F2N2O. The second-order valence-electron chi connectivity index (χ2n) is 6.06. The van der Waals surface area contributed by atoms with Crippen molar-refractivity contribution in [3.05, 3.63) is 29.3 Å². The molecule has 0 radical (unpaired) electrons. The predicted octanol–water partition coefficient (Wildman–Crippen LogP) is 2.94. The van der Waals surface area contributed by atoms with Crippen LogP contribution in [0, 0.1) is 17.6 Å². The van der Waals surface area contributed by atoms with Crippen LogP contribution in [0.1, 0.15) is 25.8 Å². The Morgan fingerprint density at radius 2 is 2.00 bits per heavy atom. The largest absolute Gasteiger partial charge is 0.379 e. The van der Waals surface area contributed by atoms with Gasteiger partial charge in [-0.15, -0.1) is 0 Å². The van der Waals surface area contributed by atoms with Crippen molar-refractivity contribution in [3.8, 4) is 0 Å². The zero-order valence-electron chi connectivity index (χ0n) is 13.0. The average Bonchev–Trinajstić information content (AvgIpc) is 2.91. The van der Waals surface area contributed by atoms with Crippen molar-refractivity contribution in [2.24, 2.45) is 5.92 Å². The third-order valence-corrected chi connectivity index (χ3v) is 3.76. The lowest BCUT2D eigenvalue weighted by molar-refractivity contribution is 0.193. The minimum Gasteiger partial charge on any atom is -0.379 e. The van der Waals surface area contributed by atoms with Crippen LogP contribution >= 0.6 is 0 Å². The lowest BCUT2D eigenvalue weighted by Crippen LogP contribution is -2.33. The van der Waals surface area contributed by atoms with Gasteiger partial charge in [0.15, 0.2) is 0 Å². The minimum absolute atomic E-state index is 0.0399. The first-order valence-corrected chi connectivity index (χ1v) is 7.48. The van der Waals surface area contributed by atoms with Crippen LogP contribution in [0.4, 0.5) is 14.5 Å². The summed E-state index contributed by atoms with van der Waals surface area (Å²) in [5, 5.41) is 3.19. The Balaban J connectivity index is 2.09. The van der Waals surface area contributed by atoms with Crippen LogP contribution in [0.25, 0.3) is 0 Å². The van der Waals surface area contributed by atoms with Crippen LogP contribution in [0.2, 0.25) is 0 Å². The van der Waals surface area contributed by atoms with Crippen LogP contribution in [0.15, 0.2) is 12.1 Å². The van der Waals surface area contributed by atoms with Gasteiger partial charge >= 0.3 is 0 Å². The molecule has 0 spiro atoms. The summed E-state index contributed by atoms with van der Waals surface area (Å²) in [5.41, 5.74) is 0.670. The summed E-state index contributed by atoms with van der Waals surface area (Å²) in [7, 11) is 1.72. The summed E-state index contributed by atoms with van der Waals surface area (Å²) in [5.74, 6) is -0.510. The Hall–Kier alpha value is -1.20. The summed E-state index contributed by atoms with van der Waals surface area (Å²) in [6.45, 7) is 6.65. The number of hydrogen-bond donors (Lipinski definition) is 1. The predicted molar refractivity (Wildman–Crippen MR) is 80.5 cm³/mol. The highest BCUT2D eigenvalue weighted by molar-refractivity contribution is 5.51. The van der Waals surface area contributed by atoms with E-state index < -0.39 is 11.6 Å². The first-order chi connectivity index (χ1) is 9.99. The average molecular weight is 298 g/mol. The molecule has 1 N–H and O–H groups in total. The number of likely N-dealkylation sites (N-methyl/N-ethyl adjacent to an activating group) is 1. The lowest BCUT2D eigenvalue weighted by atomic mass is 10.1. The Bertz CT molecular complexity index is 450. The number of rotatable bonds is 6. The SMILES string of the molecule is CC(C)CNCc1cc(F)c(N(C)C2CCOC2)c(F)c1. The molecule has 0 saturated carbocycles. The van der Waals surface area contributed by atoms with Crippen molar-refractivity contribution in [2.75, 3.05) is 31.7 Å². The van der Waals surface area contributed by atoms with Gasteiger partial charge in [0, 0.05) is 20.2 Å². The van der Waals surface area contributed by atoms with Gasteiger partial charge in [0.25, 0.3) is 0 Å². The molecule has 0 bridgehead atoms. The van der Waals surface area contributed by atoms with Gasteiger partial charge in [0.1, 0.15) is 17.3 Å². The topological polar surface area (TPSA) is 24.5 Å². The maximum absolute atomic E-state index is 14.3. The molecule has 118 valence electrons. The molecule has 1 fully saturated rings. The minimum atomic E-state index is -0.509. The molecule has 5 heteroatoms. The molecule has 1 unspecified atom stereocenters. The fourth-order valence-electron chi connectivity index (χ4n) is 2.57. The van der Waals surface area contributed by atoms with Gasteiger partial charge in [0.2, 0.25) is 0 Å². The van der Waals surface area contributed by atoms with Crippen molar-refractivity contribution in [3.63, 3.8) is 0 Å². The number of benzene rings is 1. The highest BCUT2D eigenvalue weighted by Crippen LogP contribution is 2.27. The number of nitrogens with one attached hydrogen (secondary N) is 1. The number of ether oxygens (including phenoxy) is 1. The maximum atomic E-state index is 14.3. The molecule has 1 aromatic carbocycles. The summed E-state index contributed by atoms with van der Waals surface area (Å²) >= 11 is 0. The van der Waals surface area contributed by atoms with E-state index in [-0.39, 0.29) is 11.7 Å². The van der Waals surface area contributed by atoms with Gasteiger partial charge in [-0.05, 0) is 36.6 Å². The van der Waals surface area contributed by atoms with Gasteiger partial charge in [-0.25, -0.2) is 8.78 Å². The number of halogens is 2. The fourth-order valence-corrected chi connectivity index (χ4v) is 2.57. The van der Waals surface area contributed by atoms with E-state index >= 15 is 0 Å². The van der Waals surface area contributed by atoms with Crippen molar-refractivity contribution in [1.82, 2.24) is 5.32 Å². The van der Waals surface area contributed by atoms with E-state index in [0.717, 1.165) is 13.0 Å². The number of anilines is 1. The lowest BCUT2D eigenvalue weighted by Gasteiger charge is -2.26. The van der Waals surface area contributed by atoms with Crippen molar-refractivity contribution in [2.45, 2.75) is 32.9 Å². The Morgan fingerprint density at radius 1 is 1.33 bits per heavy atom. The van der Waals surface area contributed by atoms with Crippen LogP contribution in [0.5, 0.6) is 0 Å². The van der Waals surface area contributed by atoms with E-state index in [1.165, 1.54) is 12.1 Å². The quantitative estimate of drug-likeness (QED) is 0.874. The van der Waals surface area contributed by atoms with E-state index in [4.69, 9.17) is 4.74 Å². The highest BCUT2D eigenvalue weighted by atomic mass is 19.1. The Kier molecular flexibility index (Phi) is 5.53. The monoisotopic (exact) mass is 298 g/mol. The fraction of sp³-hybridized carbons (Fsp3) is 0.625. The van der Waals surface area contributed by atoms with E-state index in [9.17, 15) is 8.78 Å². The van der Waals surface area contributed by atoms with Crippen LogP contribution in [0.3, 0.4) is 0 Å². The van der Waals surface area contributed by atoms with Crippen molar-refractivity contribution in [1.29, 1.82) is 0 Å². The standard InChI is InChI=1S/C16H24F2N2O/c1-11(2)8-19-9-12-6-14(17)16(15(18)7-12)20(3)13-4-5-21-10-13/h6-7,11,13,19H,4-5,8-10H2,1-3H3. The zero-order chi connectivity index (χ0) is 15.4. The second-order valence-corrected chi connectivity index (χ2v) is 6.06. The van der Waals surface area contributed by atoms with Crippen molar-refractivity contribution >= 4 is 5.69 Å². The Morgan fingerprint density at radius 3 is 2.52 bits per heavy atom. The molecule has 21 heavy (non-hydrogen) atoms. The molecule has 0 aliphatic carbocycles. The molecule has 1 atom stereocenters. The first-order valence-electron chi connectivity index (χ1n) is 7.48. The van der Waals surface area contributed by atoms with E-state index in [2.05, 4.69) is 19.2 Å². The van der Waals surface area contributed by atoms with Crippen molar-refractivity contribution < 1.29 is 13.5 Å². The number of hydrogen-bond acceptors (Lipinski definition) is 3.